The van der Waals surface area contributed by atoms with E-state index in [0.717, 1.165) is 19.3 Å². The van der Waals surface area contributed by atoms with Gasteiger partial charge in [0, 0.05) is 6.42 Å². The lowest BCUT2D eigenvalue weighted by atomic mass is 9.81. The smallest absolute Gasteiger partial charge is 0.371 e. The van der Waals surface area contributed by atoms with E-state index in [4.69, 9.17) is 9.52 Å². The number of carboxylic acids is 1. The average Bonchev–Trinajstić information content (AvgIpc) is 3.03. The SMILES string of the molecule is O=C(CC1CCCc2ccccc21)NCc1ccc(C(=O)O)o1. The summed E-state index contributed by atoms with van der Waals surface area (Å²) in [6, 6.07) is 11.3. The molecule has 5 heteroatoms. The highest BCUT2D eigenvalue weighted by atomic mass is 16.4. The molecule has 1 aliphatic rings. The molecule has 0 aliphatic heterocycles. The normalized spacial score (nSPS) is 16.6. The molecule has 0 saturated heterocycles. The maximum Gasteiger partial charge on any atom is 0.371 e. The van der Waals surface area contributed by atoms with Crippen LogP contribution in [0.4, 0.5) is 0 Å². The Morgan fingerprint density at radius 2 is 2.04 bits per heavy atom. The highest BCUT2D eigenvalue weighted by Crippen LogP contribution is 2.33. The molecule has 2 N–H and O–H groups in total. The number of furan rings is 1. The molecule has 2 aromatic rings. The van der Waals surface area contributed by atoms with Crippen LogP contribution in [0.1, 0.15) is 52.6 Å². The Hall–Kier alpha value is -2.56. The van der Waals surface area contributed by atoms with Crippen LogP contribution < -0.4 is 5.32 Å². The Bertz CT molecular complexity index is 719. The van der Waals surface area contributed by atoms with Gasteiger partial charge in [0.15, 0.2) is 0 Å². The molecule has 0 spiro atoms. The summed E-state index contributed by atoms with van der Waals surface area (Å²) in [5.41, 5.74) is 2.62. The van der Waals surface area contributed by atoms with E-state index in [0.29, 0.717) is 12.2 Å². The molecule has 120 valence electrons. The van der Waals surface area contributed by atoms with Crippen LogP contribution in [-0.2, 0) is 17.8 Å². The lowest BCUT2D eigenvalue weighted by molar-refractivity contribution is -0.121. The van der Waals surface area contributed by atoms with E-state index in [-0.39, 0.29) is 24.1 Å². The molecular formula is C18H19NO4. The molecule has 1 aromatic heterocycles. The minimum atomic E-state index is -1.11. The number of carbonyl (C=O) groups excluding carboxylic acids is 1. The number of rotatable bonds is 5. The van der Waals surface area contributed by atoms with E-state index < -0.39 is 5.97 Å². The Morgan fingerprint density at radius 1 is 1.22 bits per heavy atom. The summed E-state index contributed by atoms with van der Waals surface area (Å²) in [5.74, 6) is -0.567. The van der Waals surface area contributed by atoms with Crippen LogP contribution in [0.2, 0.25) is 0 Å². The van der Waals surface area contributed by atoms with Crippen molar-refractivity contribution < 1.29 is 19.1 Å². The van der Waals surface area contributed by atoms with Gasteiger partial charge in [-0.1, -0.05) is 24.3 Å². The van der Waals surface area contributed by atoms with Crippen molar-refractivity contribution in [1.82, 2.24) is 5.32 Å². The van der Waals surface area contributed by atoms with Crippen molar-refractivity contribution in [2.75, 3.05) is 0 Å². The Balaban J connectivity index is 1.56. The van der Waals surface area contributed by atoms with Crippen molar-refractivity contribution in [3.8, 4) is 0 Å². The second-order valence-corrected chi connectivity index (χ2v) is 5.84. The van der Waals surface area contributed by atoms with Crippen LogP contribution in [0.5, 0.6) is 0 Å². The highest BCUT2D eigenvalue weighted by Gasteiger charge is 2.22. The van der Waals surface area contributed by atoms with E-state index in [2.05, 4.69) is 17.4 Å². The molecule has 0 bridgehead atoms. The number of fused-ring (bicyclic) bond motifs is 1. The van der Waals surface area contributed by atoms with Crippen LogP contribution in [0, 0.1) is 0 Å². The van der Waals surface area contributed by atoms with Crippen LogP contribution >= 0.6 is 0 Å². The number of amides is 1. The largest absolute Gasteiger partial charge is 0.475 e. The van der Waals surface area contributed by atoms with Crippen LogP contribution in [0.3, 0.4) is 0 Å². The first-order chi connectivity index (χ1) is 11.1. The molecule has 1 heterocycles. The molecule has 0 fully saturated rings. The zero-order valence-corrected chi connectivity index (χ0v) is 12.7. The molecule has 23 heavy (non-hydrogen) atoms. The summed E-state index contributed by atoms with van der Waals surface area (Å²) in [6.45, 7) is 0.209. The van der Waals surface area contributed by atoms with E-state index >= 15 is 0 Å². The first-order valence-corrected chi connectivity index (χ1v) is 7.80. The van der Waals surface area contributed by atoms with Gasteiger partial charge in [0.05, 0.1) is 6.54 Å². The Morgan fingerprint density at radius 3 is 2.83 bits per heavy atom. The third-order valence-electron chi connectivity index (χ3n) is 4.26. The molecule has 1 atom stereocenters. The fourth-order valence-electron chi connectivity index (χ4n) is 3.14. The van der Waals surface area contributed by atoms with E-state index in [1.807, 2.05) is 12.1 Å². The van der Waals surface area contributed by atoms with Crippen molar-refractivity contribution in [2.24, 2.45) is 0 Å². The number of carbonyl (C=O) groups is 2. The van der Waals surface area contributed by atoms with Gasteiger partial charge in [0.25, 0.3) is 0 Å². The molecule has 1 aromatic carbocycles. The topological polar surface area (TPSA) is 79.5 Å². The van der Waals surface area contributed by atoms with E-state index in [1.165, 1.54) is 17.2 Å². The number of aromatic carboxylic acids is 1. The van der Waals surface area contributed by atoms with Crippen molar-refractivity contribution in [3.63, 3.8) is 0 Å². The number of aryl methyl sites for hydroxylation is 1. The molecule has 0 saturated carbocycles. The number of carboxylic acid groups (broad SMARTS) is 1. The first kappa shape index (κ1) is 15.3. The average molecular weight is 313 g/mol. The van der Waals surface area contributed by atoms with Crippen molar-refractivity contribution in [1.29, 1.82) is 0 Å². The highest BCUT2D eigenvalue weighted by molar-refractivity contribution is 5.84. The maximum atomic E-state index is 12.2. The summed E-state index contributed by atoms with van der Waals surface area (Å²) in [4.78, 5) is 22.9. The molecule has 1 amide bonds. The van der Waals surface area contributed by atoms with E-state index in [9.17, 15) is 9.59 Å². The van der Waals surface area contributed by atoms with Crippen LogP contribution in [0.25, 0.3) is 0 Å². The first-order valence-electron chi connectivity index (χ1n) is 7.80. The van der Waals surface area contributed by atoms with Crippen molar-refractivity contribution in [2.45, 2.75) is 38.1 Å². The lowest BCUT2D eigenvalue weighted by Gasteiger charge is -2.24. The quantitative estimate of drug-likeness (QED) is 0.889. The third kappa shape index (κ3) is 3.62. The minimum absolute atomic E-state index is 0.0417. The van der Waals surface area contributed by atoms with Crippen LogP contribution in [0.15, 0.2) is 40.8 Å². The number of hydrogen-bond acceptors (Lipinski definition) is 3. The predicted molar refractivity (Wildman–Crippen MR) is 84.3 cm³/mol. The van der Waals surface area contributed by atoms with Gasteiger partial charge >= 0.3 is 5.97 Å². The zero-order chi connectivity index (χ0) is 16.2. The predicted octanol–water partition coefficient (Wildman–Crippen LogP) is 3.10. The van der Waals surface area contributed by atoms with Crippen LogP contribution in [-0.4, -0.2) is 17.0 Å². The van der Waals surface area contributed by atoms with Gasteiger partial charge in [-0.3, -0.25) is 4.79 Å². The summed E-state index contributed by atoms with van der Waals surface area (Å²) < 4.78 is 5.13. The minimum Gasteiger partial charge on any atom is -0.475 e. The van der Waals surface area contributed by atoms with Gasteiger partial charge in [-0.05, 0) is 48.4 Å². The van der Waals surface area contributed by atoms with Gasteiger partial charge in [-0.2, -0.15) is 0 Å². The number of nitrogens with one attached hydrogen (secondary N) is 1. The molecule has 0 radical (unpaired) electrons. The molecular weight excluding hydrogens is 294 g/mol. The van der Waals surface area contributed by atoms with Gasteiger partial charge in [-0.25, -0.2) is 4.79 Å². The van der Waals surface area contributed by atoms with Gasteiger partial charge < -0.3 is 14.8 Å². The summed E-state index contributed by atoms with van der Waals surface area (Å²) in [7, 11) is 0. The fraction of sp³-hybridized carbons (Fsp3) is 0.333. The number of benzene rings is 1. The zero-order valence-electron chi connectivity index (χ0n) is 12.7. The van der Waals surface area contributed by atoms with Crippen molar-refractivity contribution >= 4 is 11.9 Å². The van der Waals surface area contributed by atoms with Gasteiger partial charge in [0.1, 0.15) is 5.76 Å². The molecule has 3 rings (SSSR count). The molecule has 1 aliphatic carbocycles. The van der Waals surface area contributed by atoms with Gasteiger partial charge in [0.2, 0.25) is 11.7 Å². The number of hydrogen-bond donors (Lipinski definition) is 2. The van der Waals surface area contributed by atoms with E-state index in [1.54, 1.807) is 6.07 Å². The second-order valence-electron chi connectivity index (χ2n) is 5.84. The summed E-state index contributed by atoms with van der Waals surface area (Å²) >= 11 is 0. The Kier molecular flexibility index (Phi) is 4.46. The maximum absolute atomic E-state index is 12.2. The monoisotopic (exact) mass is 313 g/mol. The van der Waals surface area contributed by atoms with Gasteiger partial charge in [-0.15, -0.1) is 0 Å². The standard InChI is InChI=1S/C18H19NO4/c20-17(19-11-14-8-9-16(23-14)18(21)22)10-13-6-3-5-12-4-1-2-7-15(12)13/h1-2,4,7-9,13H,3,5-6,10-11H2,(H,19,20)(H,21,22). The second kappa shape index (κ2) is 6.69. The lowest BCUT2D eigenvalue weighted by Crippen LogP contribution is -2.25. The molecule has 1 unspecified atom stereocenters. The summed E-state index contributed by atoms with van der Waals surface area (Å²) in [6.07, 6.45) is 3.66. The van der Waals surface area contributed by atoms with Crippen molar-refractivity contribution in [3.05, 3.63) is 59.0 Å². The summed E-state index contributed by atoms with van der Waals surface area (Å²) in [5, 5.41) is 11.6. The third-order valence-corrected chi connectivity index (χ3v) is 4.26. The fourth-order valence-corrected chi connectivity index (χ4v) is 3.14. The Labute approximate surface area is 134 Å². The molecule has 5 nitrogen and oxygen atoms in total.